The van der Waals surface area contributed by atoms with Crippen molar-refractivity contribution < 1.29 is 9.59 Å². The van der Waals surface area contributed by atoms with Gasteiger partial charge in [0.2, 0.25) is 0 Å². The van der Waals surface area contributed by atoms with Gasteiger partial charge < -0.3 is 10.6 Å². The molecule has 4 heteroatoms. The Bertz CT molecular complexity index is 443. The van der Waals surface area contributed by atoms with Crippen molar-refractivity contribution in [2.75, 3.05) is 0 Å². The standard InChI is InChI=1S/C18H30N2O2/c1-11(19-15(21)16(22)20-17(2,3)4)18-8-12-5-13(9-18)7-14(6-12)10-18/h11-14H,5-10H2,1-4H3,(H,19,21)(H,20,22). The third-order valence-electron chi connectivity index (χ3n) is 6.05. The van der Waals surface area contributed by atoms with E-state index in [2.05, 4.69) is 17.6 Å². The Morgan fingerprint density at radius 2 is 1.41 bits per heavy atom. The molecule has 4 fully saturated rings. The predicted octanol–water partition coefficient (Wildman–Crippen LogP) is 2.62. The highest BCUT2D eigenvalue weighted by Gasteiger charge is 2.53. The Hall–Kier alpha value is -1.06. The van der Waals surface area contributed by atoms with Gasteiger partial charge in [0.1, 0.15) is 0 Å². The fourth-order valence-electron chi connectivity index (χ4n) is 5.52. The lowest BCUT2D eigenvalue weighted by atomic mass is 9.48. The number of carbonyl (C=O) groups is 2. The van der Waals surface area contributed by atoms with Gasteiger partial charge in [-0.05, 0) is 89.4 Å². The Morgan fingerprint density at radius 3 is 1.82 bits per heavy atom. The van der Waals surface area contributed by atoms with E-state index in [0.29, 0.717) is 0 Å². The highest BCUT2D eigenvalue weighted by molar-refractivity contribution is 6.35. The molecule has 4 saturated carbocycles. The molecule has 124 valence electrons. The molecule has 0 aromatic heterocycles. The van der Waals surface area contributed by atoms with Gasteiger partial charge in [-0.1, -0.05) is 0 Å². The van der Waals surface area contributed by atoms with Crippen molar-refractivity contribution in [1.29, 1.82) is 0 Å². The first-order valence-electron chi connectivity index (χ1n) is 8.80. The van der Waals surface area contributed by atoms with Crippen LogP contribution >= 0.6 is 0 Å². The fraction of sp³-hybridized carbons (Fsp3) is 0.889. The molecule has 4 aliphatic carbocycles. The number of hydrogen-bond donors (Lipinski definition) is 2. The van der Waals surface area contributed by atoms with Gasteiger partial charge in [0.25, 0.3) is 0 Å². The monoisotopic (exact) mass is 306 g/mol. The van der Waals surface area contributed by atoms with Gasteiger partial charge >= 0.3 is 11.8 Å². The second-order valence-corrected chi connectivity index (χ2v) is 9.18. The molecule has 1 atom stereocenters. The molecule has 2 N–H and O–H groups in total. The van der Waals surface area contributed by atoms with Crippen LogP contribution in [0.4, 0.5) is 0 Å². The summed E-state index contributed by atoms with van der Waals surface area (Å²) in [6.45, 7) is 7.78. The number of carbonyl (C=O) groups excluding carboxylic acids is 2. The minimum atomic E-state index is -0.510. The third kappa shape index (κ3) is 3.02. The predicted molar refractivity (Wildman–Crippen MR) is 86.1 cm³/mol. The van der Waals surface area contributed by atoms with Gasteiger partial charge in [0.05, 0.1) is 0 Å². The van der Waals surface area contributed by atoms with Gasteiger partial charge in [-0.2, -0.15) is 0 Å². The first-order chi connectivity index (χ1) is 10.2. The van der Waals surface area contributed by atoms with Crippen molar-refractivity contribution in [3.63, 3.8) is 0 Å². The molecule has 0 aromatic rings. The SMILES string of the molecule is CC(NC(=O)C(=O)NC(C)(C)C)C12CC3CC(CC(C3)C1)C2. The molecule has 4 nitrogen and oxygen atoms in total. The highest BCUT2D eigenvalue weighted by Crippen LogP contribution is 2.61. The van der Waals surface area contributed by atoms with Crippen molar-refractivity contribution in [2.24, 2.45) is 23.2 Å². The zero-order valence-corrected chi connectivity index (χ0v) is 14.4. The highest BCUT2D eigenvalue weighted by atomic mass is 16.2. The molecule has 4 rings (SSSR count). The van der Waals surface area contributed by atoms with Crippen molar-refractivity contribution in [3.05, 3.63) is 0 Å². The first kappa shape index (κ1) is 15.8. The quantitative estimate of drug-likeness (QED) is 0.771. The second-order valence-electron chi connectivity index (χ2n) is 9.18. The Balaban J connectivity index is 1.63. The topological polar surface area (TPSA) is 58.2 Å². The summed E-state index contributed by atoms with van der Waals surface area (Å²) >= 11 is 0. The van der Waals surface area contributed by atoms with Crippen molar-refractivity contribution in [2.45, 2.75) is 77.8 Å². The zero-order valence-electron chi connectivity index (χ0n) is 14.4. The molecule has 0 saturated heterocycles. The van der Waals surface area contributed by atoms with Crippen LogP contribution in [0.2, 0.25) is 0 Å². The molecule has 1 unspecified atom stereocenters. The minimum absolute atomic E-state index is 0.0964. The summed E-state index contributed by atoms with van der Waals surface area (Å²) in [7, 11) is 0. The molecule has 0 spiro atoms. The summed E-state index contributed by atoms with van der Waals surface area (Å²) in [5.41, 5.74) is -0.134. The molecule has 0 aromatic carbocycles. The van der Waals surface area contributed by atoms with Crippen LogP contribution in [-0.4, -0.2) is 23.4 Å². The lowest BCUT2D eigenvalue weighted by Gasteiger charge is -2.59. The second kappa shape index (κ2) is 5.24. The van der Waals surface area contributed by atoms with E-state index in [1.54, 1.807) is 0 Å². The molecule has 0 radical (unpaired) electrons. The largest absolute Gasteiger partial charge is 0.345 e. The molecule has 0 aliphatic heterocycles. The smallest absolute Gasteiger partial charge is 0.309 e. The van der Waals surface area contributed by atoms with Crippen LogP contribution in [-0.2, 0) is 9.59 Å². The van der Waals surface area contributed by atoms with Crippen LogP contribution in [0.25, 0.3) is 0 Å². The van der Waals surface area contributed by atoms with Crippen LogP contribution in [0.15, 0.2) is 0 Å². The Labute approximate surface area is 133 Å². The van der Waals surface area contributed by atoms with E-state index in [1.165, 1.54) is 38.5 Å². The van der Waals surface area contributed by atoms with Gasteiger partial charge in [-0.15, -0.1) is 0 Å². The molecular formula is C18H30N2O2. The Morgan fingerprint density at radius 1 is 0.955 bits per heavy atom. The van der Waals surface area contributed by atoms with E-state index in [1.807, 2.05) is 20.8 Å². The van der Waals surface area contributed by atoms with E-state index in [0.717, 1.165) is 17.8 Å². The van der Waals surface area contributed by atoms with E-state index in [-0.39, 0.29) is 17.0 Å². The molecule has 4 bridgehead atoms. The maximum atomic E-state index is 12.2. The van der Waals surface area contributed by atoms with Gasteiger partial charge in [0, 0.05) is 11.6 Å². The summed E-state index contributed by atoms with van der Waals surface area (Å²) in [6.07, 6.45) is 7.89. The van der Waals surface area contributed by atoms with Gasteiger partial charge in [-0.3, -0.25) is 9.59 Å². The van der Waals surface area contributed by atoms with Crippen molar-refractivity contribution >= 4 is 11.8 Å². The summed E-state index contributed by atoms with van der Waals surface area (Å²) in [4.78, 5) is 24.2. The van der Waals surface area contributed by atoms with Gasteiger partial charge in [0.15, 0.2) is 0 Å². The van der Waals surface area contributed by atoms with E-state index >= 15 is 0 Å². The van der Waals surface area contributed by atoms with Crippen LogP contribution in [0.5, 0.6) is 0 Å². The molecule has 2 amide bonds. The van der Waals surface area contributed by atoms with Crippen LogP contribution in [0, 0.1) is 23.2 Å². The maximum Gasteiger partial charge on any atom is 0.309 e. The summed E-state index contributed by atoms with van der Waals surface area (Å²) in [6, 6.07) is 0.0964. The number of hydrogen-bond acceptors (Lipinski definition) is 2. The van der Waals surface area contributed by atoms with Crippen molar-refractivity contribution in [1.82, 2.24) is 10.6 Å². The minimum Gasteiger partial charge on any atom is -0.345 e. The molecule has 0 heterocycles. The molecule has 22 heavy (non-hydrogen) atoms. The molecule has 4 aliphatic rings. The Kier molecular flexibility index (Phi) is 3.77. The molecular weight excluding hydrogens is 276 g/mol. The zero-order chi connectivity index (χ0) is 16.1. The number of nitrogens with one attached hydrogen (secondary N) is 2. The van der Waals surface area contributed by atoms with Crippen LogP contribution < -0.4 is 10.6 Å². The van der Waals surface area contributed by atoms with Crippen LogP contribution in [0.1, 0.15) is 66.2 Å². The number of rotatable bonds is 2. The lowest BCUT2D eigenvalue weighted by Crippen LogP contribution is -2.58. The fourth-order valence-corrected chi connectivity index (χ4v) is 5.52. The van der Waals surface area contributed by atoms with Gasteiger partial charge in [-0.25, -0.2) is 0 Å². The normalized spacial score (nSPS) is 37.7. The summed E-state index contributed by atoms with van der Waals surface area (Å²) in [5.74, 6) is 1.58. The van der Waals surface area contributed by atoms with E-state index < -0.39 is 11.8 Å². The maximum absolute atomic E-state index is 12.2. The van der Waals surface area contributed by atoms with Crippen molar-refractivity contribution in [3.8, 4) is 0 Å². The average molecular weight is 306 g/mol. The first-order valence-corrected chi connectivity index (χ1v) is 8.80. The third-order valence-corrected chi connectivity index (χ3v) is 6.05. The van der Waals surface area contributed by atoms with E-state index in [4.69, 9.17) is 0 Å². The number of amides is 2. The van der Waals surface area contributed by atoms with E-state index in [9.17, 15) is 9.59 Å². The average Bonchev–Trinajstić information content (AvgIpc) is 2.34. The van der Waals surface area contributed by atoms with Crippen LogP contribution in [0.3, 0.4) is 0 Å². The lowest BCUT2D eigenvalue weighted by molar-refractivity contribution is -0.142. The summed E-state index contributed by atoms with van der Waals surface area (Å²) in [5, 5.41) is 5.76. The summed E-state index contributed by atoms with van der Waals surface area (Å²) < 4.78 is 0.